The molecule has 0 saturated carbocycles. The number of methoxy groups -OCH3 is 1. The summed E-state index contributed by atoms with van der Waals surface area (Å²) in [7, 11) is 0.754. The summed E-state index contributed by atoms with van der Waals surface area (Å²) in [6.45, 7) is 0. The second-order valence-corrected chi connectivity index (χ2v) is 3.36. The van der Waals surface area contributed by atoms with Gasteiger partial charge in [0, 0.05) is 6.20 Å². The normalized spacial score (nSPS) is 11.9. The Hall–Kier alpha value is -2.18. The van der Waals surface area contributed by atoms with Crippen LogP contribution in [0.2, 0.25) is 0 Å². The molecule has 0 unspecified atom stereocenters. The van der Waals surface area contributed by atoms with Crippen LogP contribution < -0.4 is 9.47 Å². The third-order valence-electron chi connectivity index (χ3n) is 2.04. The first-order valence-electron chi connectivity index (χ1n) is 4.86. The van der Waals surface area contributed by atoms with Crippen LogP contribution in [0.5, 0.6) is 11.5 Å². The predicted octanol–water partition coefficient (Wildman–Crippen LogP) is 3.07. The van der Waals surface area contributed by atoms with E-state index < -0.39 is 41.7 Å². The van der Waals surface area contributed by atoms with Gasteiger partial charge in [0.1, 0.15) is 11.3 Å². The van der Waals surface area contributed by atoms with Gasteiger partial charge >= 0.3 is 12.5 Å². The van der Waals surface area contributed by atoms with Crippen molar-refractivity contribution in [2.24, 2.45) is 0 Å². The number of alkyl halides is 6. The molecule has 1 heterocycles. The first-order chi connectivity index (χ1) is 9.10. The molecule has 0 radical (unpaired) electrons. The molecular formula is C10H6F6N2O2. The van der Waals surface area contributed by atoms with Gasteiger partial charge in [-0.15, -0.1) is 13.2 Å². The summed E-state index contributed by atoms with van der Waals surface area (Å²) in [6, 6.07) is 1.47. The summed E-state index contributed by atoms with van der Waals surface area (Å²) in [4.78, 5) is 3.18. The van der Waals surface area contributed by atoms with Gasteiger partial charge in [-0.25, -0.2) is 0 Å². The number of hydrogen-bond acceptors (Lipinski definition) is 4. The fourth-order valence-corrected chi connectivity index (χ4v) is 1.34. The molecule has 0 saturated heterocycles. The molecule has 10 heteroatoms. The molecule has 0 bridgehead atoms. The van der Waals surface area contributed by atoms with Crippen molar-refractivity contribution in [2.75, 3.05) is 7.11 Å². The molecule has 0 aromatic carbocycles. The van der Waals surface area contributed by atoms with Crippen molar-refractivity contribution in [2.45, 2.75) is 19.0 Å². The zero-order valence-electron chi connectivity index (χ0n) is 9.76. The van der Waals surface area contributed by atoms with Crippen LogP contribution in [0.4, 0.5) is 26.3 Å². The number of hydrogen-bond donors (Lipinski definition) is 0. The summed E-state index contributed by atoms with van der Waals surface area (Å²) < 4.78 is 82.5. The Morgan fingerprint density at radius 1 is 1.20 bits per heavy atom. The number of aromatic nitrogens is 1. The van der Waals surface area contributed by atoms with Crippen LogP contribution in [0.3, 0.4) is 0 Å². The molecule has 0 aliphatic carbocycles. The highest BCUT2D eigenvalue weighted by molar-refractivity contribution is 5.50. The lowest BCUT2D eigenvalue weighted by molar-refractivity contribution is -0.275. The molecule has 0 spiro atoms. The van der Waals surface area contributed by atoms with Crippen LogP contribution in [-0.4, -0.2) is 18.5 Å². The van der Waals surface area contributed by atoms with E-state index in [0.29, 0.717) is 0 Å². The zero-order chi connectivity index (χ0) is 15.6. The third-order valence-corrected chi connectivity index (χ3v) is 2.04. The van der Waals surface area contributed by atoms with E-state index in [2.05, 4.69) is 14.5 Å². The van der Waals surface area contributed by atoms with Crippen LogP contribution in [0.15, 0.2) is 6.20 Å². The van der Waals surface area contributed by atoms with Crippen LogP contribution in [0, 0.1) is 11.3 Å². The van der Waals surface area contributed by atoms with Crippen molar-refractivity contribution in [3.8, 4) is 17.6 Å². The van der Waals surface area contributed by atoms with Gasteiger partial charge in [-0.05, 0) is 0 Å². The standard InChI is InChI=1S/C10H6F6N2O2/c1-19-7-5(9(11,12)13)4-18-6(2-3-17)8(7)20-10(14,15)16/h4H,2H2,1H3. The monoisotopic (exact) mass is 300 g/mol. The lowest BCUT2D eigenvalue weighted by Gasteiger charge is -2.18. The molecule has 0 fully saturated rings. The Bertz CT molecular complexity index is 532. The smallest absolute Gasteiger partial charge is 0.492 e. The van der Waals surface area contributed by atoms with Crippen LogP contribution >= 0.6 is 0 Å². The molecular weight excluding hydrogens is 294 g/mol. The highest BCUT2D eigenvalue weighted by Gasteiger charge is 2.40. The Balaban J connectivity index is 3.51. The van der Waals surface area contributed by atoms with Gasteiger partial charge in [-0.2, -0.15) is 18.4 Å². The van der Waals surface area contributed by atoms with Gasteiger partial charge in [0.2, 0.25) is 0 Å². The second kappa shape index (κ2) is 5.44. The average Bonchev–Trinajstić information content (AvgIpc) is 2.27. The SMILES string of the molecule is COc1c(C(F)(F)F)cnc(CC#N)c1OC(F)(F)F. The van der Waals surface area contributed by atoms with Gasteiger partial charge in [0.25, 0.3) is 0 Å². The Morgan fingerprint density at radius 3 is 2.20 bits per heavy atom. The molecule has 0 N–H and O–H groups in total. The molecule has 0 aliphatic heterocycles. The number of ether oxygens (including phenoxy) is 2. The quantitative estimate of drug-likeness (QED) is 0.805. The lowest BCUT2D eigenvalue weighted by atomic mass is 10.1. The zero-order valence-corrected chi connectivity index (χ0v) is 9.76. The summed E-state index contributed by atoms with van der Waals surface area (Å²) >= 11 is 0. The Morgan fingerprint density at radius 2 is 1.80 bits per heavy atom. The second-order valence-electron chi connectivity index (χ2n) is 3.36. The van der Waals surface area contributed by atoms with Crippen molar-refractivity contribution in [3.05, 3.63) is 17.5 Å². The van der Waals surface area contributed by atoms with Crippen molar-refractivity contribution in [1.29, 1.82) is 5.26 Å². The van der Waals surface area contributed by atoms with E-state index in [-0.39, 0.29) is 6.20 Å². The van der Waals surface area contributed by atoms with Crippen LogP contribution in [-0.2, 0) is 12.6 Å². The molecule has 0 amide bonds. The number of nitriles is 1. The first-order valence-corrected chi connectivity index (χ1v) is 4.86. The average molecular weight is 300 g/mol. The van der Waals surface area contributed by atoms with E-state index in [1.165, 1.54) is 6.07 Å². The van der Waals surface area contributed by atoms with E-state index in [4.69, 9.17) is 5.26 Å². The minimum absolute atomic E-state index is 0.286. The third kappa shape index (κ3) is 3.66. The summed E-state index contributed by atoms with van der Waals surface area (Å²) in [5.74, 6) is -2.44. The van der Waals surface area contributed by atoms with Crippen molar-refractivity contribution < 1.29 is 35.8 Å². The van der Waals surface area contributed by atoms with Crippen molar-refractivity contribution in [3.63, 3.8) is 0 Å². The molecule has 1 aromatic heterocycles. The maximum Gasteiger partial charge on any atom is 0.573 e. The topological polar surface area (TPSA) is 55.1 Å². The lowest BCUT2D eigenvalue weighted by Crippen LogP contribution is -2.20. The molecule has 1 aromatic rings. The molecule has 4 nitrogen and oxygen atoms in total. The summed E-state index contributed by atoms with van der Waals surface area (Å²) in [5.41, 5.74) is -2.13. The van der Waals surface area contributed by atoms with Crippen LogP contribution in [0.25, 0.3) is 0 Å². The van der Waals surface area contributed by atoms with E-state index >= 15 is 0 Å². The van der Waals surface area contributed by atoms with E-state index in [1.807, 2.05) is 0 Å². The highest BCUT2D eigenvalue weighted by atomic mass is 19.4. The Labute approximate surface area is 108 Å². The van der Waals surface area contributed by atoms with Gasteiger partial charge in [-0.3, -0.25) is 4.98 Å². The summed E-state index contributed by atoms with van der Waals surface area (Å²) in [6.07, 6.45) is -10.6. The fourth-order valence-electron chi connectivity index (χ4n) is 1.34. The van der Waals surface area contributed by atoms with E-state index in [1.54, 1.807) is 0 Å². The van der Waals surface area contributed by atoms with Crippen molar-refractivity contribution >= 4 is 0 Å². The maximum atomic E-state index is 12.6. The largest absolute Gasteiger partial charge is 0.573 e. The summed E-state index contributed by atoms with van der Waals surface area (Å²) in [5, 5.41) is 8.45. The Kier molecular flexibility index (Phi) is 4.32. The number of rotatable bonds is 3. The van der Waals surface area contributed by atoms with Gasteiger partial charge < -0.3 is 9.47 Å². The predicted molar refractivity (Wildman–Crippen MR) is 51.8 cm³/mol. The van der Waals surface area contributed by atoms with Gasteiger partial charge in [-0.1, -0.05) is 0 Å². The van der Waals surface area contributed by atoms with E-state index in [0.717, 1.165) is 7.11 Å². The maximum absolute atomic E-state index is 12.6. The number of nitrogens with zero attached hydrogens (tertiary/aromatic N) is 2. The molecule has 1 rings (SSSR count). The van der Waals surface area contributed by atoms with E-state index in [9.17, 15) is 26.3 Å². The number of halogens is 6. The molecule has 20 heavy (non-hydrogen) atoms. The molecule has 0 aliphatic rings. The van der Waals surface area contributed by atoms with Gasteiger partial charge in [0.15, 0.2) is 11.5 Å². The highest BCUT2D eigenvalue weighted by Crippen LogP contribution is 2.44. The molecule has 0 atom stereocenters. The van der Waals surface area contributed by atoms with Crippen molar-refractivity contribution in [1.82, 2.24) is 4.98 Å². The number of pyridine rings is 1. The van der Waals surface area contributed by atoms with Crippen LogP contribution in [0.1, 0.15) is 11.3 Å². The van der Waals surface area contributed by atoms with Gasteiger partial charge in [0.05, 0.1) is 19.6 Å². The first kappa shape index (κ1) is 15.9. The molecule has 110 valence electrons. The minimum Gasteiger partial charge on any atom is -0.492 e. The minimum atomic E-state index is -5.25. The fraction of sp³-hybridized carbons (Fsp3) is 0.400.